The molecule has 0 atom stereocenters. The molecule has 0 radical (unpaired) electrons. The van der Waals surface area contributed by atoms with E-state index in [1.54, 1.807) is 0 Å². The van der Waals surface area contributed by atoms with E-state index in [4.69, 9.17) is 11.5 Å². The summed E-state index contributed by atoms with van der Waals surface area (Å²) >= 11 is 0. The Morgan fingerprint density at radius 3 is 0.892 bits per heavy atom. The molecule has 4 aromatic rings. The summed E-state index contributed by atoms with van der Waals surface area (Å²) < 4.78 is 0. The van der Waals surface area contributed by atoms with Crippen LogP contribution in [0.2, 0.25) is 0 Å². The Bertz CT molecular complexity index is 1230. The maximum absolute atomic E-state index is 10.6. The first-order valence-electron chi connectivity index (χ1n) is 11.5. The summed E-state index contributed by atoms with van der Waals surface area (Å²) in [6.07, 6.45) is 0. The summed E-state index contributed by atoms with van der Waals surface area (Å²) in [7, 11) is 0. The van der Waals surface area contributed by atoms with Crippen molar-refractivity contribution in [2.24, 2.45) is 0 Å². The molecule has 4 rings (SSSR count). The second kappa shape index (κ2) is 8.74. The molecular weight excluding hydrogens is 472 g/mol. The number of phenolic OH excluding ortho intramolecular Hbond substituents is 6. The van der Waals surface area contributed by atoms with Gasteiger partial charge in [-0.1, -0.05) is 24.3 Å². The van der Waals surface area contributed by atoms with Crippen LogP contribution in [0.3, 0.4) is 0 Å². The van der Waals surface area contributed by atoms with Crippen LogP contribution in [0.15, 0.2) is 48.5 Å². The summed E-state index contributed by atoms with van der Waals surface area (Å²) in [4.78, 5) is 0. The molecule has 192 valence electrons. The fraction of sp³-hybridized carbons (Fsp3) is 0.172. The molecule has 8 nitrogen and oxygen atoms in total. The van der Waals surface area contributed by atoms with Crippen molar-refractivity contribution in [3.8, 4) is 34.5 Å². The minimum absolute atomic E-state index is 0.303. The van der Waals surface area contributed by atoms with Crippen molar-refractivity contribution in [2.45, 2.75) is 33.1 Å². The van der Waals surface area contributed by atoms with Crippen molar-refractivity contribution in [1.29, 1.82) is 0 Å². The molecule has 0 bridgehead atoms. The van der Waals surface area contributed by atoms with Crippen molar-refractivity contribution >= 4 is 11.4 Å². The zero-order valence-corrected chi connectivity index (χ0v) is 21.0. The van der Waals surface area contributed by atoms with E-state index in [1.165, 1.54) is 24.3 Å². The Balaban J connectivity index is 2.33. The number of nitrogens with two attached hydrogens (primary N) is 2. The van der Waals surface area contributed by atoms with Crippen LogP contribution in [-0.4, -0.2) is 30.6 Å². The van der Waals surface area contributed by atoms with Crippen LogP contribution in [0.25, 0.3) is 0 Å². The lowest BCUT2D eigenvalue weighted by Gasteiger charge is -2.38. The normalized spacial score (nSPS) is 11.6. The summed E-state index contributed by atoms with van der Waals surface area (Å²) in [6, 6.07) is 12.6. The van der Waals surface area contributed by atoms with E-state index in [0.717, 1.165) is 22.3 Å². The average molecular weight is 503 g/mol. The zero-order valence-electron chi connectivity index (χ0n) is 21.0. The van der Waals surface area contributed by atoms with Gasteiger partial charge in [-0.25, -0.2) is 0 Å². The van der Waals surface area contributed by atoms with Crippen LogP contribution in [0.1, 0.15) is 44.5 Å². The van der Waals surface area contributed by atoms with Crippen molar-refractivity contribution in [3.63, 3.8) is 0 Å². The lowest BCUT2D eigenvalue weighted by Crippen LogP contribution is -2.32. The molecule has 8 heteroatoms. The van der Waals surface area contributed by atoms with Gasteiger partial charge in [0.2, 0.25) is 0 Å². The van der Waals surface area contributed by atoms with Gasteiger partial charge in [-0.2, -0.15) is 0 Å². The minimum atomic E-state index is -1.40. The number of aryl methyl sites for hydroxylation is 4. The van der Waals surface area contributed by atoms with Gasteiger partial charge in [0.25, 0.3) is 0 Å². The van der Waals surface area contributed by atoms with Gasteiger partial charge in [-0.05, 0) is 96.5 Å². The van der Waals surface area contributed by atoms with Crippen LogP contribution in [-0.2, 0) is 5.41 Å². The first kappa shape index (κ1) is 25.4. The van der Waals surface area contributed by atoms with Crippen molar-refractivity contribution in [2.75, 3.05) is 11.5 Å². The molecule has 37 heavy (non-hydrogen) atoms. The maximum Gasteiger partial charge on any atom is 0.200 e. The number of rotatable bonds is 4. The highest BCUT2D eigenvalue weighted by Crippen LogP contribution is 2.52. The molecule has 0 heterocycles. The van der Waals surface area contributed by atoms with E-state index in [-0.39, 0.29) is 0 Å². The molecule has 10 N–H and O–H groups in total. The minimum Gasteiger partial charge on any atom is -0.504 e. The van der Waals surface area contributed by atoms with E-state index in [1.807, 2.05) is 52.0 Å². The molecule has 0 saturated carbocycles. The molecule has 0 fully saturated rings. The Morgan fingerprint density at radius 1 is 0.432 bits per heavy atom. The Labute approximate surface area is 214 Å². The lowest BCUT2D eigenvalue weighted by atomic mass is 9.64. The van der Waals surface area contributed by atoms with Crippen LogP contribution in [0.5, 0.6) is 34.5 Å². The van der Waals surface area contributed by atoms with Gasteiger partial charge in [-0.3, -0.25) is 0 Å². The Morgan fingerprint density at radius 2 is 0.649 bits per heavy atom. The molecule has 0 aromatic heterocycles. The lowest BCUT2D eigenvalue weighted by molar-refractivity contribution is 0.364. The predicted octanol–water partition coefficient (Wildman–Crippen LogP) is 4.70. The third-order valence-corrected chi connectivity index (χ3v) is 7.06. The Hall–Kier alpha value is -4.72. The van der Waals surface area contributed by atoms with Crippen LogP contribution in [0.4, 0.5) is 11.4 Å². The molecule has 4 aromatic carbocycles. The molecule has 0 spiro atoms. The number of hydrogen-bond donors (Lipinski definition) is 8. The molecule has 0 amide bonds. The quantitative estimate of drug-likeness (QED) is 0.113. The van der Waals surface area contributed by atoms with Gasteiger partial charge in [-0.15, -0.1) is 0 Å². The second-order valence-corrected chi connectivity index (χ2v) is 9.52. The maximum atomic E-state index is 10.6. The van der Waals surface area contributed by atoms with E-state index in [2.05, 4.69) is 0 Å². The highest BCUT2D eigenvalue weighted by molar-refractivity contribution is 5.71. The van der Waals surface area contributed by atoms with E-state index in [0.29, 0.717) is 33.6 Å². The molecule has 0 saturated heterocycles. The highest BCUT2D eigenvalue weighted by atomic mass is 16.3. The van der Waals surface area contributed by atoms with Gasteiger partial charge in [0.05, 0.1) is 5.41 Å². The standard InChI is InChI=1S/C29H30N2O6/c1-13-5-17(6-14(2)25(13)30)29(18-7-15(3)26(31)16(4)8-18,19-9-21(32)27(36)22(33)10-19)20-11-23(34)28(37)24(35)12-20/h5-12,32-37H,30-31H2,1-4H3. The number of hydrogen-bond acceptors (Lipinski definition) is 8. The van der Waals surface area contributed by atoms with Gasteiger partial charge < -0.3 is 42.1 Å². The first-order valence-corrected chi connectivity index (χ1v) is 11.5. The van der Waals surface area contributed by atoms with Crippen molar-refractivity contribution in [1.82, 2.24) is 0 Å². The molecule has 0 aliphatic heterocycles. The molecule has 0 unspecified atom stereocenters. The summed E-state index contributed by atoms with van der Waals surface area (Å²) in [6.45, 7) is 7.36. The van der Waals surface area contributed by atoms with Crippen LogP contribution < -0.4 is 11.5 Å². The summed E-state index contributed by atoms with van der Waals surface area (Å²) in [5.41, 5.74) is 17.2. The second-order valence-electron chi connectivity index (χ2n) is 9.52. The van der Waals surface area contributed by atoms with E-state index >= 15 is 0 Å². The fourth-order valence-corrected chi connectivity index (χ4v) is 5.02. The molecule has 0 aliphatic carbocycles. The van der Waals surface area contributed by atoms with Crippen LogP contribution >= 0.6 is 0 Å². The number of nitrogen functional groups attached to an aromatic ring is 2. The predicted molar refractivity (Wildman–Crippen MR) is 143 cm³/mol. The van der Waals surface area contributed by atoms with Gasteiger partial charge >= 0.3 is 0 Å². The number of phenols is 6. The number of benzene rings is 4. The summed E-state index contributed by atoms with van der Waals surface area (Å²) in [5, 5.41) is 62.5. The third-order valence-electron chi connectivity index (χ3n) is 7.06. The van der Waals surface area contributed by atoms with E-state index < -0.39 is 39.9 Å². The van der Waals surface area contributed by atoms with Crippen molar-refractivity contribution in [3.05, 3.63) is 93.0 Å². The van der Waals surface area contributed by atoms with Crippen LogP contribution in [0, 0.1) is 27.7 Å². The highest BCUT2D eigenvalue weighted by Gasteiger charge is 2.41. The average Bonchev–Trinajstić information content (AvgIpc) is 2.83. The SMILES string of the molecule is Cc1cc(C(c2cc(C)c(N)c(C)c2)(c2cc(O)c(O)c(O)c2)c2cc(O)c(O)c(O)c2)cc(C)c1N. The fourth-order valence-electron chi connectivity index (χ4n) is 5.02. The largest absolute Gasteiger partial charge is 0.504 e. The topological polar surface area (TPSA) is 173 Å². The zero-order chi connectivity index (χ0) is 27.4. The number of aromatic hydroxyl groups is 6. The first-order chi connectivity index (χ1) is 17.3. The van der Waals surface area contributed by atoms with Gasteiger partial charge in [0.15, 0.2) is 34.5 Å². The smallest absolute Gasteiger partial charge is 0.200 e. The third kappa shape index (κ3) is 3.87. The van der Waals surface area contributed by atoms with Crippen molar-refractivity contribution < 1.29 is 30.6 Å². The Kier molecular flexibility index (Phi) is 5.99. The van der Waals surface area contributed by atoms with E-state index in [9.17, 15) is 30.6 Å². The van der Waals surface area contributed by atoms with Gasteiger partial charge in [0, 0.05) is 11.4 Å². The number of anilines is 2. The summed E-state index contributed by atoms with van der Waals surface area (Å²) in [5.74, 6) is -3.66. The molecular formula is C29H30N2O6. The monoisotopic (exact) mass is 502 g/mol. The molecule has 0 aliphatic rings. The van der Waals surface area contributed by atoms with Gasteiger partial charge in [0.1, 0.15) is 0 Å².